The Labute approximate surface area is 152 Å². The Bertz CT molecular complexity index is 499. The van der Waals surface area contributed by atoms with E-state index in [9.17, 15) is 4.79 Å². The van der Waals surface area contributed by atoms with E-state index in [4.69, 9.17) is 0 Å². The van der Waals surface area contributed by atoms with Gasteiger partial charge in [-0.15, -0.1) is 35.3 Å². The molecular formula is C14H24IN5OS. The number of thiazole rings is 1. The molecular weight excluding hydrogens is 413 g/mol. The van der Waals surface area contributed by atoms with Crippen molar-refractivity contribution in [2.75, 3.05) is 26.2 Å². The first-order valence-corrected chi connectivity index (χ1v) is 8.22. The number of hydrogen-bond acceptors (Lipinski definition) is 4. The van der Waals surface area contributed by atoms with Gasteiger partial charge in [0.1, 0.15) is 6.54 Å². The molecule has 0 bridgehead atoms. The first-order valence-electron chi connectivity index (χ1n) is 7.40. The summed E-state index contributed by atoms with van der Waals surface area (Å²) in [5.41, 5.74) is 0. The number of aryl methyl sites for hydroxylation is 1. The molecule has 2 heterocycles. The topological polar surface area (TPSA) is 69.6 Å². The molecule has 1 fully saturated rings. The van der Waals surface area contributed by atoms with Gasteiger partial charge < -0.3 is 15.5 Å². The van der Waals surface area contributed by atoms with Crippen molar-refractivity contribution in [3.8, 4) is 0 Å². The van der Waals surface area contributed by atoms with Crippen molar-refractivity contribution in [2.45, 2.75) is 33.2 Å². The van der Waals surface area contributed by atoms with Crippen LogP contribution in [-0.4, -0.2) is 47.9 Å². The summed E-state index contributed by atoms with van der Waals surface area (Å²) >= 11 is 1.66. The van der Waals surface area contributed by atoms with Crippen molar-refractivity contribution in [1.29, 1.82) is 0 Å². The summed E-state index contributed by atoms with van der Waals surface area (Å²) in [6.07, 6.45) is 4.09. The van der Waals surface area contributed by atoms with Gasteiger partial charge in [0.25, 0.3) is 0 Å². The second-order valence-corrected chi connectivity index (χ2v) is 6.30. The summed E-state index contributed by atoms with van der Waals surface area (Å²) in [6, 6.07) is 0. The predicted molar refractivity (Wildman–Crippen MR) is 101 cm³/mol. The number of rotatable bonds is 5. The molecule has 2 rings (SSSR count). The smallest absolute Gasteiger partial charge is 0.244 e. The highest BCUT2D eigenvalue weighted by Gasteiger charge is 2.17. The molecule has 0 saturated carbocycles. The van der Waals surface area contributed by atoms with Crippen molar-refractivity contribution >= 4 is 47.2 Å². The van der Waals surface area contributed by atoms with Crippen LogP contribution in [0.15, 0.2) is 11.2 Å². The van der Waals surface area contributed by atoms with Gasteiger partial charge in [-0.3, -0.25) is 4.79 Å². The van der Waals surface area contributed by atoms with Gasteiger partial charge >= 0.3 is 0 Å². The van der Waals surface area contributed by atoms with E-state index in [1.54, 1.807) is 11.3 Å². The normalized spacial score (nSPS) is 14.6. The van der Waals surface area contributed by atoms with E-state index in [0.29, 0.717) is 12.5 Å². The van der Waals surface area contributed by atoms with Gasteiger partial charge in [0.2, 0.25) is 5.91 Å². The molecule has 0 unspecified atom stereocenters. The molecule has 1 aliphatic rings. The highest BCUT2D eigenvalue weighted by atomic mass is 127. The largest absolute Gasteiger partial charge is 0.357 e. The fourth-order valence-electron chi connectivity index (χ4n) is 2.21. The number of likely N-dealkylation sites (tertiary alicyclic amines) is 1. The molecule has 1 amide bonds. The van der Waals surface area contributed by atoms with Crippen LogP contribution in [0.2, 0.25) is 0 Å². The summed E-state index contributed by atoms with van der Waals surface area (Å²) < 4.78 is 0. The molecule has 1 aromatic rings. The van der Waals surface area contributed by atoms with Crippen LogP contribution in [0.25, 0.3) is 0 Å². The van der Waals surface area contributed by atoms with E-state index in [0.717, 1.165) is 42.4 Å². The number of aromatic nitrogens is 1. The minimum Gasteiger partial charge on any atom is -0.357 e. The maximum absolute atomic E-state index is 12.0. The summed E-state index contributed by atoms with van der Waals surface area (Å²) in [7, 11) is 0. The van der Waals surface area contributed by atoms with Crippen LogP contribution in [-0.2, 0) is 11.3 Å². The molecule has 0 aromatic carbocycles. The molecule has 0 atom stereocenters. The van der Waals surface area contributed by atoms with Gasteiger partial charge in [-0.05, 0) is 26.7 Å². The number of hydrogen-bond donors (Lipinski definition) is 2. The zero-order chi connectivity index (χ0) is 15.1. The van der Waals surface area contributed by atoms with E-state index in [2.05, 4.69) is 20.6 Å². The van der Waals surface area contributed by atoms with Crippen LogP contribution in [0.4, 0.5) is 0 Å². The lowest BCUT2D eigenvalue weighted by Gasteiger charge is -2.15. The van der Waals surface area contributed by atoms with Crippen LogP contribution >= 0.6 is 35.3 Å². The number of amides is 1. The SMILES string of the molecule is CCNC(=NCC(=O)N1CCCC1)NCc1cnc(C)s1.I. The van der Waals surface area contributed by atoms with Crippen LogP contribution in [0.1, 0.15) is 29.7 Å². The fraction of sp³-hybridized carbons (Fsp3) is 0.643. The van der Waals surface area contributed by atoms with Gasteiger partial charge in [-0.1, -0.05) is 0 Å². The lowest BCUT2D eigenvalue weighted by atomic mass is 10.4. The standard InChI is InChI=1S/C14H23N5OS.HI/c1-3-15-14(17-9-12-8-16-11(2)21-12)18-10-13(20)19-6-4-5-7-19;/h8H,3-7,9-10H2,1-2H3,(H2,15,17,18);1H. The number of halogens is 1. The van der Waals surface area contributed by atoms with Crippen molar-refractivity contribution in [2.24, 2.45) is 4.99 Å². The molecule has 0 spiro atoms. The lowest BCUT2D eigenvalue weighted by Crippen LogP contribution is -2.38. The Kier molecular flexibility index (Phi) is 8.69. The van der Waals surface area contributed by atoms with Crippen LogP contribution in [0.3, 0.4) is 0 Å². The van der Waals surface area contributed by atoms with Gasteiger partial charge in [-0.2, -0.15) is 0 Å². The summed E-state index contributed by atoms with van der Waals surface area (Å²) in [4.78, 5) is 23.6. The number of carbonyl (C=O) groups excluding carboxylic acids is 1. The molecule has 8 heteroatoms. The first kappa shape index (κ1) is 19.1. The van der Waals surface area contributed by atoms with Crippen LogP contribution < -0.4 is 10.6 Å². The van der Waals surface area contributed by atoms with Gasteiger partial charge in [0.15, 0.2) is 5.96 Å². The number of carbonyl (C=O) groups is 1. The molecule has 22 heavy (non-hydrogen) atoms. The number of nitrogens with one attached hydrogen (secondary N) is 2. The van der Waals surface area contributed by atoms with Gasteiger partial charge in [0, 0.05) is 30.7 Å². The second-order valence-electron chi connectivity index (χ2n) is 4.98. The Morgan fingerprint density at radius 2 is 2.14 bits per heavy atom. The molecule has 0 aliphatic carbocycles. The molecule has 6 nitrogen and oxygen atoms in total. The quantitative estimate of drug-likeness (QED) is 0.419. The highest BCUT2D eigenvalue weighted by molar-refractivity contribution is 14.0. The zero-order valence-electron chi connectivity index (χ0n) is 13.1. The number of aliphatic imine (C=N–C) groups is 1. The highest BCUT2D eigenvalue weighted by Crippen LogP contribution is 2.10. The number of nitrogens with zero attached hydrogens (tertiary/aromatic N) is 3. The first-order chi connectivity index (χ1) is 10.2. The summed E-state index contributed by atoms with van der Waals surface area (Å²) in [5.74, 6) is 0.787. The van der Waals surface area contributed by atoms with Crippen molar-refractivity contribution < 1.29 is 4.79 Å². The van der Waals surface area contributed by atoms with Crippen LogP contribution in [0, 0.1) is 6.92 Å². The Morgan fingerprint density at radius 3 is 2.73 bits per heavy atom. The lowest BCUT2D eigenvalue weighted by molar-refractivity contribution is -0.128. The molecule has 2 N–H and O–H groups in total. The molecule has 1 saturated heterocycles. The second kappa shape index (κ2) is 9.98. The van der Waals surface area contributed by atoms with Crippen molar-refractivity contribution in [3.05, 3.63) is 16.1 Å². The van der Waals surface area contributed by atoms with E-state index in [1.807, 2.05) is 24.9 Å². The Morgan fingerprint density at radius 1 is 1.41 bits per heavy atom. The third-order valence-corrected chi connectivity index (χ3v) is 4.19. The molecule has 124 valence electrons. The van der Waals surface area contributed by atoms with Crippen LogP contribution in [0.5, 0.6) is 0 Å². The average Bonchev–Trinajstić information content (AvgIpc) is 3.13. The third-order valence-electron chi connectivity index (χ3n) is 3.27. The minimum absolute atomic E-state index is 0. The maximum Gasteiger partial charge on any atom is 0.244 e. The molecule has 1 aromatic heterocycles. The monoisotopic (exact) mass is 437 g/mol. The van der Waals surface area contributed by atoms with Gasteiger partial charge in [0.05, 0.1) is 11.6 Å². The number of guanidine groups is 1. The van der Waals surface area contributed by atoms with Crippen molar-refractivity contribution in [3.63, 3.8) is 0 Å². The Balaban J connectivity index is 0.00000242. The average molecular weight is 437 g/mol. The van der Waals surface area contributed by atoms with E-state index in [-0.39, 0.29) is 36.4 Å². The molecule has 1 aliphatic heterocycles. The zero-order valence-corrected chi connectivity index (χ0v) is 16.2. The van der Waals surface area contributed by atoms with E-state index in [1.165, 1.54) is 0 Å². The van der Waals surface area contributed by atoms with Gasteiger partial charge in [-0.25, -0.2) is 9.98 Å². The third kappa shape index (κ3) is 6.07. The predicted octanol–water partition coefficient (Wildman–Crippen LogP) is 1.75. The van der Waals surface area contributed by atoms with E-state index >= 15 is 0 Å². The van der Waals surface area contributed by atoms with Crippen molar-refractivity contribution in [1.82, 2.24) is 20.5 Å². The van der Waals surface area contributed by atoms with E-state index < -0.39 is 0 Å². The molecule has 0 radical (unpaired) electrons. The summed E-state index contributed by atoms with van der Waals surface area (Å²) in [5, 5.41) is 7.45. The maximum atomic E-state index is 12.0. The minimum atomic E-state index is 0. The fourth-order valence-corrected chi connectivity index (χ4v) is 2.95. The summed E-state index contributed by atoms with van der Waals surface area (Å²) in [6.45, 7) is 7.40. The Hall–Kier alpha value is -0.900.